The Hall–Kier alpha value is -0.160. The Labute approximate surface area is 98.8 Å². The zero-order valence-electron chi connectivity index (χ0n) is 10.8. The van der Waals surface area contributed by atoms with E-state index in [0.717, 1.165) is 26.3 Å². The summed E-state index contributed by atoms with van der Waals surface area (Å²) in [5.74, 6) is 0. The summed E-state index contributed by atoms with van der Waals surface area (Å²) in [5.41, 5.74) is 0.174. The maximum Gasteiger partial charge on any atom is 0.0701 e. The first kappa shape index (κ1) is 13.9. The molecule has 1 rings (SSSR count). The SMILES string of the molecule is CC(C)(C)N1CCOCCOCCOCC1. The molecule has 0 bridgehead atoms. The van der Waals surface area contributed by atoms with Gasteiger partial charge in [0.1, 0.15) is 0 Å². The summed E-state index contributed by atoms with van der Waals surface area (Å²) < 4.78 is 16.4. The van der Waals surface area contributed by atoms with Crippen LogP contribution in [0.25, 0.3) is 0 Å². The van der Waals surface area contributed by atoms with E-state index in [2.05, 4.69) is 25.7 Å². The summed E-state index contributed by atoms with van der Waals surface area (Å²) >= 11 is 0. The molecule has 0 aromatic heterocycles. The molecular weight excluding hydrogens is 206 g/mol. The average Bonchev–Trinajstić information content (AvgIpc) is 2.16. The second-order valence-corrected chi connectivity index (χ2v) is 4.99. The minimum atomic E-state index is 0.174. The van der Waals surface area contributed by atoms with E-state index in [1.807, 2.05) is 0 Å². The number of nitrogens with zero attached hydrogens (tertiary/aromatic N) is 1. The van der Waals surface area contributed by atoms with Crippen LogP contribution in [0.5, 0.6) is 0 Å². The molecule has 4 nitrogen and oxygen atoms in total. The molecule has 0 N–H and O–H groups in total. The molecule has 0 atom stereocenters. The Morgan fingerprint density at radius 3 is 1.44 bits per heavy atom. The van der Waals surface area contributed by atoms with Crippen molar-refractivity contribution < 1.29 is 14.2 Å². The van der Waals surface area contributed by atoms with Gasteiger partial charge in [-0.2, -0.15) is 0 Å². The van der Waals surface area contributed by atoms with Crippen molar-refractivity contribution in [2.45, 2.75) is 26.3 Å². The van der Waals surface area contributed by atoms with Crippen molar-refractivity contribution in [3.63, 3.8) is 0 Å². The van der Waals surface area contributed by atoms with Crippen LogP contribution in [0, 0.1) is 0 Å². The molecule has 0 unspecified atom stereocenters. The van der Waals surface area contributed by atoms with Crippen LogP contribution >= 0.6 is 0 Å². The molecule has 0 saturated carbocycles. The van der Waals surface area contributed by atoms with Gasteiger partial charge < -0.3 is 14.2 Å². The Bertz CT molecular complexity index is 168. The van der Waals surface area contributed by atoms with Crippen LogP contribution in [0.4, 0.5) is 0 Å². The molecule has 1 aliphatic heterocycles. The van der Waals surface area contributed by atoms with Crippen LogP contribution in [0.3, 0.4) is 0 Å². The Morgan fingerprint density at radius 2 is 1.06 bits per heavy atom. The van der Waals surface area contributed by atoms with Crippen molar-refractivity contribution in [1.82, 2.24) is 4.90 Å². The summed E-state index contributed by atoms with van der Waals surface area (Å²) in [6, 6.07) is 0. The topological polar surface area (TPSA) is 30.9 Å². The molecule has 1 saturated heterocycles. The monoisotopic (exact) mass is 231 g/mol. The molecular formula is C12H25NO3. The highest BCUT2D eigenvalue weighted by Crippen LogP contribution is 2.12. The molecule has 16 heavy (non-hydrogen) atoms. The van der Waals surface area contributed by atoms with Crippen LogP contribution in [0.2, 0.25) is 0 Å². The van der Waals surface area contributed by atoms with Gasteiger partial charge in [-0.3, -0.25) is 4.90 Å². The average molecular weight is 231 g/mol. The van der Waals surface area contributed by atoms with Crippen molar-refractivity contribution >= 4 is 0 Å². The maximum absolute atomic E-state index is 5.52. The molecule has 1 heterocycles. The largest absolute Gasteiger partial charge is 0.378 e. The van der Waals surface area contributed by atoms with E-state index in [4.69, 9.17) is 14.2 Å². The summed E-state index contributed by atoms with van der Waals surface area (Å²) in [5, 5.41) is 0. The number of hydrogen-bond donors (Lipinski definition) is 0. The fourth-order valence-corrected chi connectivity index (χ4v) is 1.67. The second kappa shape index (κ2) is 7.22. The molecule has 0 radical (unpaired) electrons. The van der Waals surface area contributed by atoms with Gasteiger partial charge in [0.2, 0.25) is 0 Å². The van der Waals surface area contributed by atoms with Gasteiger partial charge in [0.25, 0.3) is 0 Å². The van der Waals surface area contributed by atoms with Gasteiger partial charge in [0, 0.05) is 18.6 Å². The maximum atomic E-state index is 5.52. The van der Waals surface area contributed by atoms with Crippen LogP contribution < -0.4 is 0 Å². The third-order valence-corrected chi connectivity index (χ3v) is 2.70. The van der Waals surface area contributed by atoms with Gasteiger partial charge in [0.05, 0.1) is 39.6 Å². The second-order valence-electron chi connectivity index (χ2n) is 4.99. The lowest BCUT2D eigenvalue weighted by Gasteiger charge is -2.35. The van der Waals surface area contributed by atoms with Crippen LogP contribution in [-0.4, -0.2) is 63.2 Å². The lowest BCUT2D eigenvalue weighted by molar-refractivity contribution is -0.0193. The summed E-state index contributed by atoms with van der Waals surface area (Å²) in [6.45, 7) is 12.8. The molecule has 0 aliphatic carbocycles. The minimum absolute atomic E-state index is 0.174. The molecule has 96 valence electrons. The summed E-state index contributed by atoms with van der Waals surface area (Å²) in [7, 11) is 0. The van der Waals surface area contributed by atoms with Crippen LogP contribution in [0.15, 0.2) is 0 Å². The van der Waals surface area contributed by atoms with Crippen molar-refractivity contribution in [1.29, 1.82) is 0 Å². The zero-order chi connectivity index (χ0) is 11.9. The molecule has 0 aromatic carbocycles. The first-order valence-electron chi connectivity index (χ1n) is 6.09. The normalized spacial score (nSPS) is 23.4. The van der Waals surface area contributed by atoms with E-state index in [1.165, 1.54) is 0 Å². The van der Waals surface area contributed by atoms with Gasteiger partial charge in [-0.1, -0.05) is 0 Å². The van der Waals surface area contributed by atoms with Crippen molar-refractivity contribution in [3.8, 4) is 0 Å². The molecule has 0 amide bonds. The lowest BCUT2D eigenvalue weighted by atomic mass is 10.1. The third kappa shape index (κ3) is 5.80. The number of hydrogen-bond acceptors (Lipinski definition) is 4. The quantitative estimate of drug-likeness (QED) is 0.626. The zero-order valence-corrected chi connectivity index (χ0v) is 10.8. The summed E-state index contributed by atoms with van der Waals surface area (Å²) in [6.07, 6.45) is 0. The summed E-state index contributed by atoms with van der Waals surface area (Å²) in [4.78, 5) is 2.40. The van der Waals surface area contributed by atoms with Gasteiger partial charge in [0.15, 0.2) is 0 Å². The Balaban J connectivity index is 2.36. The minimum Gasteiger partial charge on any atom is -0.378 e. The molecule has 0 aromatic rings. The standard InChI is InChI=1S/C12H25NO3/c1-12(2,3)13-4-6-14-8-10-16-11-9-15-7-5-13/h4-11H2,1-3H3. The van der Waals surface area contributed by atoms with Crippen molar-refractivity contribution in [3.05, 3.63) is 0 Å². The predicted molar refractivity (Wildman–Crippen MR) is 63.8 cm³/mol. The van der Waals surface area contributed by atoms with E-state index in [-0.39, 0.29) is 5.54 Å². The van der Waals surface area contributed by atoms with Crippen molar-refractivity contribution in [2.24, 2.45) is 0 Å². The fourth-order valence-electron chi connectivity index (χ4n) is 1.67. The van der Waals surface area contributed by atoms with Gasteiger partial charge in [-0.05, 0) is 20.8 Å². The first-order valence-corrected chi connectivity index (χ1v) is 6.09. The van der Waals surface area contributed by atoms with Crippen molar-refractivity contribution in [2.75, 3.05) is 52.7 Å². The van der Waals surface area contributed by atoms with Gasteiger partial charge in [-0.15, -0.1) is 0 Å². The van der Waals surface area contributed by atoms with Gasteiger partial charge >= 0.3 is 0 Å². The molecule has 1 fully saturated rings. The first-order chi connectivity index (χ1) is 7.61. The van der Waals surface area contributed by atoms with E-state index in [1.54, 1.807) is 0 Å². The number of rotatable bonds is 0. The highest BCUT2D eigenvalue weighted by atomic mass is 16.5. The highest BCUT2D eigenvalue weighted by molar-refractivity contribution is 4.75. The molecule has 4 heteroatoms. The fraction of sp³-hybridized carbons (Fsp3) is 1.00. The van der Waals surface area contributed by atoms with E-state index in [9.17, 15) is 0 Å². The van der Waals surface area contributed by atoms with Gasteiger partial charge in [-0.25, -0.2) is 0 Å². The van der Waals surface area contributed by atoms with Crippen LogP contribution in [0.1, 0.15) is 20.8 Å². The Kier molecular flexibility index (Phi) is 6.28. The molecule has 0 spiro atoms. The molecule has 1 aliphatic rings. The van der Waals surface area contributed by atoms with E-state index >= 15 is 0 Å². The Morgan fingerprint density at radius 1 is 0.688 bits per heavy atom. The lowest BCUT2D eigenvalue weighted by Crippen LogP contribution is -2.45. The highest BCUT2D eigenvalue weighted by Gasteiger charge is 2.20. The smallest absolute Gasteiger partial charge is 0.0701 e. The van der Waals surface area contributed by atoms with Crippen LogP contribution in [-0.2, 0) is 14.2 Å². The predicted octanol–water partition coefficient (Wildman–Crippen LogP) is 1.15. The number of ether oxygens (including phenoxy) is 3. The third-order valence-electron chi connectivity index (χ3n) is 2.70. The van der Waals surface area contributed by atoms with E-state index in [0.29, 0.717) is 26.4 Å². The van der Waals surface area contributed by atoms with E-state index < -0.39 is 0 Å².